The molecule has 0 aliphatic heterocycles. The Morgan fingerprint density at radius 2 is 2.33 bits per heavy atom. The van der Waals surface area contributed by atoms with Crippen LogP contribution in [0.4, 0.5) is 0 Å². The summed E-state index contributed by atoms with van der Waals surface area (Å²) >= 11 is 9.97. The molecule has 0 radical (unpaired) electrons. The first-order valence-electron chi connectivity index (χ1n) is 4.26. The first-order chi connectivity index (χ1) is 6.97. The molecular weight excluding hydrogens is 322 g/mol. The zero-order chi connectivity index (χ0) is 11.5. The number of halogens is 2. The summed E-state index contributed by atoms with van der Waals surface area (Å²) in [6, 6.07) is 1.71. The fraction of sp³-hybridized carbons (Fsp3) is 0.500. The zero-order valence-electron chi connectivity index (χ0n) is 8.04. The van der Waals surface area contributed by atoms with Crippen molar-refractivity contribution < 1.29 is 8.42 Å². The van der Waals surface area contributed by atoms with Gasteiger partial charge in [0.1, 0.15) is 4.21 Å². The van der Waals surface area contributed by atoms with Gasteiger partial charge in [-0.2, -0.15) is 0 Å². The smallest absolute Gasteiger partial charge is 0.210 e. The predicted molar refractivity (Wildman–Crippen MR) is 67.1 cm³/mol. The Morgan fingerprint density at radius 1 is 1.67 bits per heavy atom. The van der Waals surface area contributed by atoms with E-state index in [1.807, 2.05) is 6.92 Å². The van der Waals surface area contributed by atoms with Gasteiger partial charge in [0.15, 0.2) is 0 Å². The number of nitrogens with one attached hydrogen (secondary N) is 1. The molecule has 1 unspecified atom stereocenters. The van der Waals surface area contributed by atoms with Crippen LogP contribution in [0, 0.1) is 5.92 Å². The molecule has 0 spiro atoms. The molecule has 3 nitrogen and oxygen atoms in total. The molecule has 86 valence electrons. The minimum atomic E-state index is -3.39. The number of hydrogen-bond acceptors (Lipinski definition) is 3. The lowest BCUT2D eigenvalue weighted by Crippen LogP contribution is -2.28. The van der Waals surface area contributed by atoms with E-state index in [9.17, 15) is 8.42 Å². The van der Waals surface area contributed by atoms with E-state index in [1.54, 1.807) is 11.4 Å². The van der Waals surface area contributed by atoms with E-state index in [4.69, 9.17) is 11.6 Å². The van der Waals surface area contributed by atoms with Gasteiger partial charge in [0.25, 0.3) is 10.0 Å². The zero-order valence-corrected chi connectivity index (χ0v) is 12.0. The van der Waals surface area contributed by atoms with Crippen LogP contribution in [0.3, 0.4) is 0 Å². The van der Waals surface area contributed by atoms with Crippen molar-refractivity contribution in [2.75, 3.05) is 12.4 Å². The van der Waals surface area contributed by atoms with Crippen molar-refractivity contribution in [1.29, 1.82) is 0 Å². The lowest BCUT2D eigenvalue weighted by molar-refractivity contribution is 0.563. The molecule has 0 aromatic carbocycles. The maximum Gasteiger partial charge on any atom is 0.251 e. The third-order valence-electron chi connectivity index (χ3n) is 1.71. The molecule has 0 amide bonds. The van der Waals surface area contributed by atoms with Gasteiger partial charge in [0.2, 0.25) is 0 Å². The Labute approximate surface area is 107 Å². The molecule has 15 heavy (non-hydrogen) atoms. The maximum atomic E-state index is 11.8. The van der Waals surface area contributed by atoms with E-state index < -0.39 is 10.0 Å². The molecule has 0 saturated heterocycles. The van der Waals surface area contributed by atoms with Gasteiger partial charge in [0.05, 0.1) is 0 Å². The summed E-state index contributed by atoms with van der Waals surface area (Å²) < 4.78 is 26.9. The van der Waals surface area contributed by atoms with Crippen molar-refractivity contribution in [2.24, 2.45) is 5.92 Å². The van der Waals surface area contributed by atoms with Crippen LogP contribution in [-0.2, 0) is 10.0 Å². The predicted octanol–water partition coefficient (Wildman–Crippen LogP) is 2.66. The van der Waals surface area contributed by atoms with Crippen LogP contribution in [0.2, 0.25) is 0 Å². The van der Waals surface area contributed by atoms with Gasteiger partial charge in [0, 0.05) is 16.9 Å². The molecule has 0 bridgehead atoms. The van der Waals surface area contributed by atoms with Crippen LogP contribution in [0.5, 0.6) is 0 Å². The number of sulfonamides is 1. The van der Waals surface area contributed by atoms with E-state index in [-0.39, 0.29) is 5.92 Å². The average molecular weight is 333 g/mol. The fourth-order valence-electron chi connectivity index (χ4n) is 0.844. The number of hydrogen-bond donors (Lipinski definition) is 1. The van der Waals surface area contributed by atoms with Crippen molar-refractivity contribution in [1.82, 2.24) is 4.72 Å². The number of thiophene rings is 1. The van der Waals surface area contributed by atoms with Gasteiger partial charge >= 0.3 is 0 Å². The number of alkyl halides is 1. The Bertz CT molecular complexity index is 418. The lowest BCUT2D eigenvalue weighted by Gasteiger charge is -2.09. The number of rotatable bonds is 5. The quantitative estimate of drug-likeness (QED) is 0.843. The minimum Gasteiger partial charge on any atom is -0.210 e. The molecule has 0 fully saturated rings. The van der Waals surface area contributed by atoms with Crippen LogP contribution in [0.1, 0.15) is 6.92 Å². The van der Waals surface area contributed by atoms with Crippen LogP contribution in [-0.4, -0.2) is 20.8 Å². The van der Waals surface area contributed by atoms with Gasteiger partial charge in [-0.25, -0.2) is 13.1 Å². The van der Waals surface area contributed by atoms with E-state index >= 15 is 0 Å². The Balaban J connectivity index is 2.73. The third-order valence-corrected chi connectivity index (χ3v) is 6.33. The van der Waals surface area contributed by atoms with Crippen LogP contribution in [0.25, 0.3) is 0 Å². The summed E-state index contributed by atoms with van der Waals surface area (Å²) in [5.41, 5.74) is 0. The van der Waals surface area contributed by atoms with Gasteiger partial charge in [-0.05, 0) is 33.3 Å². The van der Waals surface area contributed by atoms with Gasteiger partial charge in [-0.15, -0.1) is 22.9 Å². The average Bonchev–Trinajstić information content (AvgIpc) is 2.61. The van der Waals surface area contributed by atoms with E-state index in [1.165, 1.54) is 11.3 Å². The largest absolute Gasteiger partial charge is 0.251 e. The van der Waals surface area contributed by atoms with Crippen LogP contribution >= 0.6 is 38.9 Å². The summed E-state index contributed by atoms with van der Waals surface area (Å²) in [6.07, 6.45) is 0. The van der Waals surface area contributed by atoms with Crippen molar-refractivity contribution >= 4 is 48.9 Å². The summed E-state index contributed by atoms with van der Waals surface area (Å²) in [6.45, 7) is 2.25. The topological polar surface area (TPSA) is 46.2 Å². The molecule has 0 saturated carbocycles. The highest BCUT2D eigenvalue weighted by Crippen LogP contribution is 2.27. The van der Waals surface area contributed by atoms with Crippen molar-refractivity contribution in [3.05, 3.63) is 15.9 Å². The molecule has 1 aromatic rings. The van der Waals surface area contributed by atoms with Crippen molar-refractivity contribution in [3.8, 4) is 0 Å². The molecule has 1 aromatic heterocycles. The fourth-order valence-corrected chi connectivity index (χ4v) is 4.50. The van der Waals surface area contributed by atoms with Crippen LogP contribution < -0.4 is 4.72 Å². The third kappa shape index (κ3) is 3.71. The molecule has 1 N–H and O–H groups in total. The van der Waals surface area contributed by atoms with Gasteiger partial charge in [-0.3, -0.25) is 0 Å². The normalized spacial score (nSPS) is 14.1. The highest BCUT2D eigenvalue weighted by molar-refractivity contribution is 9.10. The van der Waals surface area contributed by atoms with E-state index in [0.717, 1.165) is 0 Å². The molecule has 0 aliphatic carbocycles. The van der Waals surface area contributed by atoms with E-state index in [2.05, 4.69) is 20.7 Å². The van der Waals surface area contributed by atoms with Crippen LogP contribution in [0.15, 0.2) is 20.1 Å². The first-order valence-corrected chi connectivity index (χ1v) is 7.95. The summed E-state index contributed by atoms with van der Waals surface area (Å²) in [4.78, 5) is 0. The Kier molecular flexibility index (Phi) is 5.05. The molecule has 1 atom stereocenters. The molecule has 1 rings (SSSR count). The first kappa shape index (κ1) is 13.4. The second-order valence-electron chi connectivity index (χ2n) is 3.17. The summed E-state index contributed by atoms with van der Waals surface area (Å²) in [7, 11) is -3.39. The van der Waals surface area contributed by atoms with Crippen molar-refractivity contribution in [2.45, 2.75) is 11.1 Å². The second-order valence-corrected chi connectivity index (χ2v) is 7.21. The van der Waals surface area contributed by atoms with Gasteiger partial charge in [-0.1, -0.05) is 6.92 Å². The molecule has 7 heteroatoms. The molecular formula is C8H11BrClNO2S2. The molecule has 1 heterocycles. The second kappa shape index (κ2) is 5.63. The summed E-state index contributed by atoms with van der Waals surface area (Å²) in [5, 5.41) is 1.73. The monoisotopic (exact) mass is 331 g/mol. The minimum absolute atomic E-state index is 0.125. The van der Waals surface area contributed by atoms with E-state index in [0.29, 0.717) is 21.1 Å². The maximum absolute atomic E-state index is 11.8. The lowest BCUT2D eigenvalue weighted by atomic mass is 10.2. The highest BCUT2D eigenvalue weighted by Gasteiger charge is 2.19. The highest BCUT2D eigenvalue weighted by atomic mass is 79.9. The Morgan fingerprint density at radius 3 is 2.80 bits per heavy atom. The summed E-state index contributed by atoms with van der Waals surface area (Å²) in [5.74, 6) is 0.564. The van der Waals surface area contributed by atoms with Gasteiger partial charge < -0.3 is 0 Å². The Hall–Kier alpha value is 0.380. The van der Waals surface area contributed by atoms with Crippen molar-refractivity contribution in [3.63, 3.8) is 0 Å². The SMILES string of the molecule is CC(CCl)CNS(=O)(=O)c1sccc1Br. The standard InChI is InChI=1S/C8H11BrClNO2S2/c1-6(4-10)5-11-15(12,13)8-7(9)2-3-14-8/h2-3,6,11H,4-5H2,1H3. The molecule has 0 aliphatic rings.